The van der Waals surface area contributed by atoms with Gasteiger partial charge in [-0.3, -0.25) is 14.3 Å². The van der Waals surface area contributed by atoms with E-state index in [1.54, 1.807) is 13.1 Å². The summed E-state index contributed by atoms with van der Waals surface area (Å²) in [6.07, 6.45) is 0.996. The van der Waals surface area contributed by atoms with Gasteiger partial charge in [0.1, 0.15) is 0 Å². The molecule has 0 saturated heterocycles. The van der Waals surface area contributed by atoms with E-state index in [-0.39, 0.29) is 5.91 Å². The van der Waals surface area contributed by atoms with Crippen molar-refractivity contribution >= 4 is 5.91 Å². The second kappa shape index (κ2) is 4.93. The van der Waals surface area contributed by atoms with Gasteiger partial charge in [-0.15, -0.1) is 0 Å². The maximum Gasteiger partial charge on any atom is 0.297 e. The largest absolute Gasteiger partial charge is 0.297 e. The summed E-state index contributed by atoms with van der Waals surface area (Å²) in [6, 6.07) is 1.77. The smallest absolute Gasteiger partial charge is 0.274 e. The van der Waals surface area contributed by atoms with Gasteiger partial charge in [-0.25, -0.2) is 5.06 Å². The summed E-state index contributed by atoms with van der Waals surface area (Å²) in [7, 11) is 3.02. The molecule has 1 heterocycles. The molecule has 0 aliphatic carbocycles. The zero-order valence-electron chi connectivity index (χ0n) is 9.65. The Balaban J connectivity index is 2.87. The molecule has 0 bridgehead atoms. The van der Waals surface area contributed by atoms with Crippen LogP contribution < -0.4 is 0 Å². The summed E-state index contributed by atoms with van der Waals surface area (Å²) in [5.41, 5.74) is 1.41. The van der Waals surface area contributed by atoms with Crippen molar-refractivity contribution in [1.29, 1.82) is 0 Å². The predicted molar refractivity (Wildman–Crippen MR) is 56.4 cm³/mol. The Bertz CT molecular complexity index is 346. The molecular weight excluding hydrogens is 194 g/mol. The van der Waals surface area contributed by atoms with Gasteiger partial charge >= 0.3 is 0 Å². The Morgan fingerprint density at radius 2 is 2.33 bits per heavy atom. The van der Waals surface area contributed by atoms with Crippen LogP contribution in [0.4, 0.5) is 0 Å². The lowest BCUT2D eigenvalue weighted by Gasteiger charge is -2.11. The molecule has 5 heteroatoms. The first-order valence-electron chi connectivity index (χ1n) is 4.96. The molecule has 0 aliphatic rings. The zero-order valence-corrected chi connectivity index (χ0v) is 9.65. The third kappa shape index (κ3) is 2.56. The Kier molecular flexibility index (Phi) is 3.85. The lowest BCUT2D eigenvalue weighted by atomic mass is 10.3. The average Bonchev–Trinajstić information content (AvgIpc) is 2.59. The van der Waals surface area contributed by atoms with Crippen LogP contribution >= 0.6 is 0 Å². The van der Waals surface area contributed by atoms with Crippen molar-refractivity contribution in [1.82, 2.24) is 14.8 Å². The van der Waals surface area contributed by atoms with E-state index in [0.717, 1.165) is 23.7 Å². The first kappa shape index (κ1) is 11.7. The van der Waals surface area contributed by atoms with E-state index in [9.17, 15) is 4.79 Å². The summed E-state index contributed by atoms with van der Waals surface area (Å²) in [6.45, 7) is 4.84. The van der Waals surface area contributed by atoms with Crippen LogP contribution in [0.2, 0.25) is 0 Å². The molecule has 1 rings (SSSR count). The van der Waals surface area contributed by atoms with E-state index in [0.29, 0.717) is 5.69 Å². The number of hydrogen-bond donors (Lipinski definition) is 0. The highest BCUT2D eigenvalue weighted by Gasteiger charge is 2.15. The summed E-state index contributed by atoms with van der Waals surface area (Å²) >= 11 is 0. The van der Waals surface area contributed by atoms with Gasteiger partial charge in [-0.2, -0.15) is 5.10 Å². The normalized spacial score (nSPS) is 10.4. The van der Waals surface area contributed by atoms with Gasteiger partial charge in [-0.05, 0) is 19.4 Å². The minimum atomic E-state index is -0.226. The Hall–Kier alpha value is -1.36. The second-order valence-corrected chi connectivity index (χ2v) is 3.38. The molecule has 0 aromatic carbocycles. The molecule has 0 aliphatic heterocycles. The van der Waals surface area contributed by atoms with Crippen molar-refractivity contribution in [2.45, 2.75) is 26.8 Å². The molecule has 1 aromatic heterocycles. The van der Waals surface area contributed by atoms with Crippen LogP contribution in [0.25, 0.3) is 0 Å². The number of hydroxylamine groups is 2. The van der Waals surface area contributed by atoms with Crippen LogP contribution in [0, 0.1) is 6.92 Å². The number of hydrogen-bond acceptors (Lipinski definition) is 3. The molecule has 0 N–H and O–H groups in total. The first-order chi connectivity index (χ1) is 7.10. The van der Waals surface area contributed by atoms with Crippen LogP contribution in [0.3, 0.4) is 0 Å². The summed E-state index contributed by atoms with van der Waals surface area (Å²) in [4.78, 5) is 16.5. The van der Waals surface area contributed by atoms with Crippen LogP contribution in [0.5, 0.6) is 0 Å². The average molecular weight is 211 g/mol. The molecule has 0 fully saturated rings. The molecule has 1 amide bonds. The van der Waals surface area contributed by atoms with Gasteiger partial charge in [0.15, 0.2) is 5.69 Å². The third-order valence-electron chi connectivity index (χ3n) is 2.20. The molecule has 84 valence electrons. The van der Waals surface area contributed by atoms with Crippen molar-refractivity contribution in [3.63, 3.8) is 0 Å². The van der Waals surface area contributed by atoms with Gasteiger partial charge in [0.25, 0.3) is 5.91 Å². The topological polar surface area (TPSA) is 47.4 Å². The van der Waals surface area contributed by atoms with Crippen molar-refractivity contribution < 1.29 is 9.63 Å². The highest BCUT2D eigenvalue weighted by atomic mass is 16.7. The van der Waals surface area contributed by atoms with Crippen LogP contribution in [0.15, 0.2) is 6.07 Å². The molecular formula is C10H17N3O2. The van der Waals surface area contributed by atoms with Crippen molar-refractivity contribution in [3.05, 3.63) is 17.5 Å². The summed E-state index contributed by atoms with van der Waals surface area (Å²) in [5, 5.41) is 5.38. The maximum absolute atomic E-state index is 11.7. The second-order valence-electron chi connectivity index (χ2n) is 3.38. The van der Waals surface area contributed by atoms with Gasteiger partial charge in [-0.1, -0.05) is 6.92 Å². The number of aromatic nitrogens is 2. The van der Waals surface area contributed by atoms with E-state index in [2.05, 4.69) is 12.0 Å². The number of carbonyl (C=O) groups excluding carboxylic acids is 1. The highest BCUT2D eigenvalue weighted by molar-refractivity contribution is 5.91. The van der Waals surface area contributed by atoms with Gasteiger partial charge < -0.3 is 0 Å². The predicted octanol–water partition coefficient (Wildman–Crippen LogP) is 1.23. The minimum Gasteiger partial charge on any atom is -0.274 e. The van der Waals surface area contributed by atoms with E-state index in [1.165, 1.54) is 7.11 Å². The minimum absolute atomic E-state index is 0.226. The number of rotatable bonds is 4. The fourth-order valence-electron chi connectivity index (χ4n) is 1.30. The molecule has 0 saturated carbocycles. The Labute approximate surface area is 89.6 Å². The quantitative estimate of drug-likeness (QED) is 0.704. The molecule has 0 radical (unpaired) electrons. The van der Waals surface area contributed by atoms with Crippen LogP contribution in [0.1, 0.15) is 29.5 Å². The molecule has 5 nitrogen and oxygen atoms in total. The monoisotopic (exact) mass is 211 g/mol. The van der Waals surface area contributed by atoms with Crippen molar-refractivity contribution in [2.24, 2.45) is 0 Å². The van der Waals surface area contributed by atoms with E-state index < -0.39 is 0 Å². The number of carbonyl (C=O) groups is 1. The molecule has 0 spiro atoms. The van der Waals surface area contributed by atoms with Crippen molar-refractivity contribution in [2.75, 3.05) is 14.2 Å². The standard InChI is InChI=1S/C10H17N3O2/c1-5-6-13-8(2)7-9(11-13)10(14)12(3)15-4/h7H,5-6H2,1-4H3. The Morgan fingerprint density at radius 3 is 2.87 bits per heavy atom. The number of nitrogens with zero attached hydrogens (tertiary/aromatic N) is 3. The van der Waals surface area contributed by atoms with E-state index in [1.807, 2.05) is 11.6 Å². The molecule has 15 heavy (non-hydrogen) atoms. The van der Waals surface area contributed by atoms with Gasteiger partial charge in [0.05, 0.1) is 7.11 Å². The maximum atomic E-state index is 11.7. The Morgan fingerprint density at radius 1 is 1.67 bits per heavy atom. The van der Waals surface area contributed by atoms with E-state index in [4.69, 9.17) is 4.84 Å². The van der Waals surface area contributed by atoms with Crippen molar-refractivity contribution in [3.8, 4) is 0 Å². The van der Waals surface area contributed by atoms with E-state index >= 15 is 0 Å². The lowest BCUT2D eigenvalue weighted by Crippen LogP contribution is -2.25. The fraction of sp³-hybridized carbons (Fsp3) is 0.600. The fourth-order valence-corrected chi connectivity index (χ4v) is 1.30. The molecule has 0 atom stereocenters. The molecule has 1 aromatic rings. The number of aryl methyl sites for hydroxylation is 2. The summed E-state index contributed by atoms with van der Waals surface area (Å²) < 4.78 is 1.83. The van der Waals surface area contributed by atoms with Gasteiger partial charge in [0, 0.05) is 19.3 Å². The number of amides is 1. The highest BCUT2D eigenvalue weighted by Crippen LogP contribution is 2.06. The zero-order chi connectivity index (χ0) is 11.4. The van der Waals surface area contributed by atoms with Gasteiger partial charge in [0.2, 0.25) is 0 Å². The SMILES string of the molecule is CCCn1nc(C(=O)N(C)OC)cc1C. The molecule has 0 unspecified atom stereocenters. The lowest BCUT2D eigenvalue weighted by molar-refractivity contribution is -0.0760. The third-order valence-corrected chi connectivity index (χ3v) is 2.20. The van der Waals surface area contributed by atoms with Crippen LogP contribution in [-0.4, -0.2) is 34.9 Å². The first-order valence-corrected chi connectivity index (χ1v) is 4.96. The van der Waals surface area contributed by atoms with Crippen LogP contribution in [-0.2, 0) is 11.4 Å². The summed E-state index contributed by atoms with van der Waals surface area (Å²) in [5.74, 6) is -0.226.